The van der Waals surface area contributed by atoms with Crippen molar-refractivity contribution in [2.45, 2.75) is 39.3 Å². The zero-order valence-corrected chi connectivity index (χ0v) is 14.2. The van der Waals surface area contributed by atoms with E-state index >= 15 is 0 Å². The minimum absolute atomic E-state index is 0.146. The highest BCUT2D eigenvalue weighted by Gasteiger charge is 2.30. The van der Waals surface area contributed by atoms with E-state index in [9.17, 15) is 4.79 Å². The highest BCUT2D eigenvalue weighted by molar-refractivity contribution is 7.15. The number of carbonyl (C=O) groups excluding carboxylic acids is 1. The van der Waals surface area contributed by atoms with Crippen molar-refractivity contribution in [3.8, 4) is 0 Å². The summed E-state index contributed by atoms with van der Waals surface area (Å²) >= 11 is 1.64. The molecule has 1 aromatic carbocycles. The Morgan fingerprint density at radius 1 is 1.43 bits per heavy atom. The molecule has 0 unspecified atom stereocenters. The highest BCUT2D eigenvalue weighted by atomic mass is 32.1. The third-order valence-corrected chi connectivity index (χ3v) is 5.48. The fourth-order valence-corrected chi connectivity index (χ4v) is 4.11. The lowest BCUT2D eigenvalue weighted by molar-refractivity contribution is -0.117. The van der Waals surface area contributed by atoms with Crippen LogP contribution in [-0.2, 0) is 24.3 Å². The number of rotatable bonds is 4. The van der Waals surface area contributed by atoms with Crippen molar-refractivity contribution in [2.24, 2.45) is 5.92 Å². The predicted molar refractivity (Wildman–Crippen MR) is 92.5 cm³/mol. The van der Waals surface area contributed by atoms with Crippen molar-refractivity contribution in [2.75, 3.05) is 11.9 Å². The number of aryl methyl sites for hydroxylation is 1. The average molecular weight is 327 g/mol. The SMILES string of the molecule is Cc1cccc(CN2CCc3nc(NC(=O)C4CC4)sc3C2)c1. The number of amides is 1. The molecule has 1 N–H and O–H groups in total. The van der Waals surface area contributed by atoms with Gasteiger partial charge in [-0.1, -0.05) is 29.8 Å². The summed E-state index contributed by atoms with van der Waals surface area (Å²) in [5.74, 6) is 0.376. The third-order valence-electron chi connectivity index (χ3n) is 4.48. The van der Waals surface area contributed by atoms with Gasteiger partial charge in [0.15, 0.2) is 5.13 Å². The largest absolute Gasteiger partial charge is 0.302 e. The molecular weight excluding hydrogens is 306 g/mol. The van der Waals surface area contributed by atoms with Gasteiger partial charge in [-0.2, -0.15) is 0 Å². The Labute approximate surface area is 140 Å². The topological polar surface area (TPSA) is 45.2 Å². The van der Waals surface area contributed by atoms with Crippen molar-refractivity contribution in [1.29, 1.82) is 0 Å². The van der Waals surface area contributed by atoms with Gasteiger partial charge in [0.2, 0.25) is 5.91 Å². The van der Waals surface area contributed by atoms with Gasteiger partial charge in [-0.25, -0.2) is 4.98 Å². The van der Waals surface area contributed by atoms with Crippen LogP contribution in [0, 0.1) is 12.8 Å². The summed E-state index contributed by atoms with van der Waals surface area (Å²) in [6, 6.07) is 8.70. The molecule has 1 aliphatic heterocycles. The summed E-state index contributed by atoms with van der Waals surface area (Å²) in [5, 5.41) is 3.76. The molecule has 1 amide bonds. The van der Waals surface area contributed by atoms with E-state index in [2.05, 4.69) is 46.4 Å². The molecule has 5 heteroatoms. The molecule has 4 rings (SSSR count). The molecule has 1 fully saturated rings. The molecule has 120 valence electrons. The minimum Gasteiger partial charge on any atom is -0.302 e. The summed E-state index contributed by atoms with van der Waals surface area (Å²) < 4.78 is 0. The number of carbonyl (C=O) groups is 1. The lowest BCUT2D eigenvalue weighted by Gasteiger charge is -2.25. The van der Waals surface area contributed by atoms with Gasteiger partial charge >= 0.3 is 0 Å². The van der Waals surface area contributed by atoms with Gasteiger partial charge in [0.1, 0.15) is 0 Å². The van der Waals surface area contributed by atoms with E-state index in [-0.39, 0.29) is 11.8 Å². The Kier molecular flexibility index (Phi) is 3.91. The number of benzene rings is 1. The van der Waals surface area contributed by atoms with E-state index in [0.29, 0.717) is 0 Å². The van der Waals surface area contributed by atoms with Crippen LogP contribution in [0.25, 0.3) is 0 Å². The van der Waals surface area contributed by atoms with Crippen LogP contribution < -0.4 is 5.32 Å². The number of thiazole rings is 1. The van der Waals surface area contributed by atoms with Crippen LogP contribution in [0.5, 0.6) is 0 Å². The number of aromatic nitrogens is 1. The van der Waals surface area contributed by atoms with E-state index in [4.69, 9.17) is 0 Å². The molecule has 0 spiro atoms. The second kappa shape index (κ2) is 6.06. The molecule has 1 aliphatic carbocycles. The van der Waals surface area contributed by atoms with Gasteiger partial charge in [0.25, 0.3) is 0 Å². The van der Waals surface area contributed by atoms with E-state index in [0.717, 1.165) is 44.0 Å². The first-order valence-electron chi connectivity index (χ1n) is 8.25. The first-order chi connectivity index (χ1) is 11.2. The Balaban J connectivity index is 1.42. The van der Waals surface area contributed by atoms with Gasteiger partial charge in [-0.15, -0.1) is 11.3 Å². The van der Waals surface area contributed by atoms with Crippen LogP contribution in [0.4, 0.5) is 5.13 Å². The van der Waals surface area contributed by atoms with Gasteiger partial charge in [-0.3, -0.25) is 9.69 Å². The predicted octanol–water partition coefficient (Wildman–Crippen LogP) is 3.36. The average Bonchev–Trinajstić information content (AvgIpc) is 3.29. The van der Waals surface area contributed by atoms with Gasteiger partial charge in [0, 0.05) is 36.9 Å². The molecule has 0 saturated heterocycles. The van der Waals surface area contributed by atoms with Crippen molar-refractivity contribution in [3.05, 3.63) is 46.0 Å². The Bertz CT molecular complexity index is 736. The molecule has 2 aromatic rings. The molecule has 0 atom stereocenters. The number of fused-ring (bicyclic) bond motifs is 1. The van der Waals surface area contributed by atoms with Crippen molar-refractivity contribution in [1.82, 2.24) is 9.88 Å². The van der Waals surface area contributed by atoms with Crippen molar-refractivity contribution >= 4 is 22.4 Å². The fraction of sp³-hybridized carbons (Fsp3) is 0.444. The molecule has 1 aromatic heterocycles. The second-order valence-corrected chi connectivity index (χ2v) is 7.69. The number of nitrogens with zero attached hydrogens (tertiary/aromatic N) is 2. The number of nitrogens with one attached hydrogen (secondary N) is 1. The zero-order chi connectivity index (χ0) is 15.8. The first kappa shape index (κ1) is 14.8. The van der Waals surface area contributed by atoms with E-state index in [1.165, 1.54) is 21.7 Å². The summed E-state index contributed by atoms with van der Waals surface area (Å²) in [6.45, 7) is 5.07. The van der Waals surface area contributed by atoms with Crippen LogP contribution in [-0.4, -0.2) is 22.3 Å². The van der Waals surface area contributed by atoms with Gasteiger partial charge < -0.3 is 5.32 Å². The van der Waals surface area contributed by atoms with Crippen molar-refractivity contribution < 1.29 is 4.79 Å². The van der Waals surface area contributed by atoms with Crippen LogP contribution in [0.1, 0.15) is 34.5 Å². The zero-order valence-electron chi connectivity index (χ0n) is 13.3. The van der Waals surface area contributed by atoms with Crippen LogP contribution >= 0.6 is 11.3 Å². The van der Waals surface area contributed by atoms with Crippen molar-refractivity contribution in [3.63, 3.8) is 0 Å². The van der Waals surface area contributed by atoms with E-state index < -0.39 is 0 Å². The number of anilines is 1. The Morgan fingerprint density at radius 3 is 3.09 bits per heavy atom. The maximum Gasteiger partial charge on any atom is 0.229 e. The quantitative estimate of drug-likeness (QED) is 0.936. The minimum atomic E-state index is 0.146. The maximum absolute atomic E-state index is 11.9. The molecule has 2 aliphatic rings. The lowest BCUT2D eigenvalue weighted by Crippen LogP contribution is -2.29. The summed E-state index contributed by atoms with van der Waals surface area (Å²) in [5.41, 5.74) is 3.84. The second-order valence-electron chi connectivity index (χ2n) is 6.60. The maximum atomic E-state index is 11.9. The van der Waals surface area contributed by atoms with E-state index in [1.807, 2.05) is 0 Å². The molecule has 0 bridgehead atoms. The molecule has 1 saturated carbocycles. The van der Waals surface area contributed by atoms with Crippen LogP contribution in [0.3, 0.4) is 0 Å². The smallest absolute Gasteiger partial charge is 0.229 e. The number of hydrogen-bond donors (Lipinski definition) is 1. The van der Waals surface area contributed by atoms with Gasteiger partial charge in [0.05, 0.1) is 5.69 Å². The first-order valence-corrected chi connectivity index (χ1v) is 9.06. The van der Waals surface area contributed by atoms with Crippen LogP contribution in [0.15, 0.2) is 24.3 Å². The molecule has 23 heavy (non-hydrogen) atoms. The molecule has 4 nitrogen and oxygen atoms in total. The Hall–Kier alpha value is -1.72. The lowest BCUT2D eigenvalue weighted by atomic mass is 10.1. The summed E-state index contributed by atoms with van der Waals surface area (Å²) in [4.78, 5) is 20.2. The monoisotopic (exact) mass is 327 g/mol. The normalized spacial score (nSPS) is 17.8. The Morgan fingerprint density at radius 2 is 2.30 bits per heavy atom. The summed E-state index contributed by atoms with van der Waals surface area (Å²) in [6.07, 6.45) is 3.03. The van der Waals surface area contributed by atoms with Gasteiger partial charge in [-0.05, 0) is 25.3 Å². The molecule has 2 heterocycles. The third kappa shape index (κ3) is 3.46. The molecular formula is C18H21N3OS. The van der Waals surface area contributed by atoms with E-state index in [1.54, 1.807) is 11.3 Å². The highest BCUT2D eigenvalue weighted by Crippen LogP contribution is 2.33. The number of hydrogen-bond acceptors (Lipinski definition) is 4. The molecule has 0 radical (unpaired) electrons. The standard InChI is InChI=1S/C18H21N3OS/c1-12-3-2-4-13(9-12)10-21-8-7-15-16(11-21)23-18(19-15)20-17(22)14-5-6-14/h2-4,9,14H,5-8,10-11H2,1H3,(H,19,20,22). The summed E-state index contributed by atoms with van der Waals surface area (Å²) in [7, 11) is 0. The van der Waals surface area contributed by atoms with Crippen LogP contribution in [0.2, 0.25) is 0 Å². The fourth-order valence-electron chi connectivity index (χ4n) is 3.06.